The van der Waals surface area contributed by atoms with Crippen molar-refractivity contribution in [3.8, 4) is 11.5 Å². The highest BCUT2D eigenvalue weighted by atomic mass is 35.5. The Hall–Kier alpha value is -2.48. The summed E-state index contributed by atoms with van der Waals surface area (Å²) >= 11 is 12.6. The van der Waals surface area contributed by atoms with E-state index < -0.39 is 35.3 Å². The average Bonchev–Trinajstić information content (AvgIpc) is 2.95. The van der Waals surface area contributed by atoms with Crippen LogP contribution in [-0.2, 0) is 14.3 Å². The molecule has 0 aliphatic rings. The number of halogens is 2. The van der Waals surface area contributed by atoms with Crippen LogP contribution < -0.4 is 9.47 Å². The van der Waals surface area contributed by atoms with Crippen molar-refractivity contribution in [3.05, 3.63) is 58.6 Å². The lowest BCUT2D eigenvalue weighted by Gasteiger charge is -2.37. The lowest BCUT2D eigenvalue weighted by molar-refractivity contribution is -0.166. The topological polar surface area (TPSA) is 102 Å². The Balaban J connectivity index is 2.42. The number of benzene rings is 2. The van der Waals surface area contributed by atoms with Gasteiger partial charge in [-0.2, -0.15) is 0 Å². The van der Waals surface area contributed by atoms with Crippen LogP contribution in [0.5, 0.6) is 11.5 Å². The molecule has 0 bridgehead atoms. The molecule has 2 N–H and O–H groups in total. The lowest BCUT2D eigenvalue weighted by Crippen LogP contribution is -2.50. The third-order valence-corrected chi connectivity index (χ3v) is 8.09. The zero-order valence-electron chi connectivity index (χ0n) is 24.5. The molecule has 0 heterocycles. The Bertz CT molecular complexity index is 1030. The van der Waals surface area contributed by atoms with Gasteiger partial charge in [-0.25, -0.2) is 9.59 Å². The van der Waals surface area contributed by atoms with Crippen LogP contribution in [0, 0.1) is 0 Å². The number of aliphatic carboxylic acids is 2. The minimum Gasteiger partial charge on any atom is -0.478 e. The second-order valence-corrected chi connectivity index (χ2v) is 11.3. The van der Waals surface area contributed by atoms with Gasteiger partial charge in [0, 0.05) is 12.8 Å². The summed E-state index contributed by atoms with van der Waals surface area (Å²) < 4.78 is 18.9. The van der Waals surface area contributed by atoms with Crippen molar-refractivity contribution < 1.29 is 34.0 Å². The van der Waals surface area contributed by atoms with E-state index in [1.54, 1.807) is 62.4 Å². The molecule has 0 saturated heterocycles. The van der Waals surface area contributed by atoms with E-state index in [9.17, 15) is 19.8 Å². The van der Waals surface area contributed by atoms with Crippen LogP contribution >= 0.6 is 23.2 Å². The van der Waals surface area contributed by atoms with Gasteiger partial charge in [-0.3, -0.25) is 0 Å². The molecule has 228 valence electrons. The van der Waals surface area contributed by atoms with Gasteiger partial charge in [0.05, 0.1) is 22.3 Å². The van der Waals surface area contributed by atoms with E-state index in [-0.39, 0.29) is 25.7 Å². The molecule has 2 aromatic rings. The first-order chi connectivity index (χ1) is 19.6. The van der Waals surface area contributed by atoms with Crippen molar-refractivity contribution in [2.45, 2.75) is 115 Å². The van der Waals surface area contributed by atoms with Crippen molar-refractivity contribution in [2.75, 3.05) is 0 Å². The predicted octanol–water partition coefficient (Wildman–Crippen LogP) is 8.83. The second-order valence-electron chi connectivity index (χ2n) is 10.4. The van der Waals surface area contributed by atoms with Crippen molar-refractivity contribution in [1.29, 1.82) is 0 Å². The van der Waals surface area contributed by atoms with Crippen LogP contribution in [0.4, 0.5) is 0 Å². The van der Waals surface area contributed by atoms with Gasteiger partial charge in [-0.1, -0.05) is 101 Å². The van der Waals surface area contributed by atoms with Gasteiger partial charge in [-0.15, -0.1) is 0 Å². The van der Waals surface area contributed by atoms with Gasteiger partial charge >= 0.3 is 11.9 Å². The first-order valence-electron chi connectivity index (χ1n) is 14.6. The van der Waals surface area contributed by atoms with Crippen molar-refractivity contribution in [1.82, 2.24) is 0 Å². The molecule has 4 unspecified atom stereocenters. The van der Waals surface area contributed by atoms with Crippen LogP contribution in [0.2, 0.25) is 10.0 Å². The van der Waals surface area contributed by atoms with Gasteiger partial charge in [0.2, 0.25) is 11.2 Å². The van der Waals surface area contributed by atoms with E-state index in [4.69, 9.17) is 37.4 Å². The van der Waals surface area contributed by atoms with E-state index in [0.29, 0.717) is 34.4 Å². The average molecular weight is 612 g/mol. The van der Waals surface area contributed by atoms with Crippen LogP contribution in [0.15, 0.2) is 48.5 Å². The molecule has 0 aromatic heterocycles. The molecular formula is C32H44Cl2O7. The number of para-hydroxylation sites is 2. The maximum absolute atomic E-state index is 12.7. The summed E-state index contributed by atoms with van der Waals surface area (Å²) in [4.78, 5) is 25.4. The monoisotopic (exact) mass is 610 g/mol. The van der Waals surface area contributed by atoms with Crippen LogP contribution in [0.3, 0.4) is 0 Å². The quantitative estimate of drug-likeness (QED) is 0.154. The zero-order chi connectivity index (χ0) is 30.5. The van der Waals surface area contributed by atoms with E-state index in [2.05, 4.69) is 13.8 Å². The molecule has 4 atom stereocenters. The predicted molar refractivity (Wildman–Crippen MR) is 162 cm³/mol. The summed E-state index contributed by atoms with van der Waals surface area (Å²) in [5, 5.41) is 21.4. The van der Waals surface area contributed by atoms with Crippen LogP contribution in [-0.4, -0.2) is 45.6 Å². The number of unbranched alkanes of at least 4 members (excludes halogenated alkanes) is 2. The van der Waals surface area contributed by atoms with Crippen LogP contribution in [0.1, 0.15) is 91.9 Å². The Morgan fingerprint density at radius 1 is 0.707 bits per heavy atom. The molecule has 2 aromatic carbocycles. The first kappa shape index (κ1) is 34.7. The van der Waals surface area contributed by atoms with E-state index >= 15 is 0 Å². The van der Waals surface area contributed by atoms with E-state index in [1.165, 1.54) is 0 Å². The molecule has 0 aliphatic carbocycles. The molecule has 0 radical (unpaired) electrons. The highest BCUT2D eigenvalue weighted by Crippen LogP contribution is 2.36. The summed E-state index contributed by atoms with van der Waals surface area (Å²) in [5.41, 5.74) is -3.16. The Kier molecular flexibility index (Phi) is 14.3. The number of rotatable bonds is 20. The number of hydrogen-bond acceptors (Lipinski definition) is 5. The maximum Gasteiger partial charge on any atom is 0.348 e. The minimum atomic E-state index is -1.58. The standard InChI is InChI=1S/C32H44Cl2O7/c1-5-9-15-23(21-31(7-3,29(35)36)40-27-19-13-11-17-25(27)33)39-24(16-10-6-2)22-32(8-4,30(37)38)41-28-20-14-12-18-26(28)34/h11-14,17-20,23-24H,5-10,15-16,21-22H2,1-4H3,(H,35,36)(H,37,38). The van der Waals surface area contributed by atoms with E-state index in [0.717, 1.165) is 25.7 Å². The van der Waals surface area contributed by atoms with Gasteiger partial charge in [0.1, 0.15) is 11.5 Å². The smallest absolute Gasteiger partial charge is 0.348 e. The number of carboxylic acids is 2. The molecule has 2 rings (SSSR count). The lowest BCUT2D eigenvalue weighted by atomic mass is 9.88. The fourth-order valence-corrected chi connectivity index (χ4v) is 5.21. The third-order valence-electron chi connectivity index (χ3n) is 7.46. The highest BCUT2D eigenvalue weighted by Gasteiger charge is 2.45. The Labute approximate surface area is 254 Å². The molecule has 0 aliphatic heterocycles. The van der Waals surface area contributed by atoms with Crippen molar-refractivity contribution >= 4 is 35.1 Å². The van der Waals surface area contributed by atoms with Gasteiger partial charge in [0.25, 0.3) is 0 Å². The zero-order valence-corrected chi connectivity index (χ0v) is 26.0. The summed E-state index contributed by atoms with van der Waals surface area (Å²) in [6.45, 7) is 7.64. The molecule has 41 heavy (non-hydrogen) atoms. The summed E-state index contributed by atoms with van der Waals surface area (Å²) in [6, 6.07) is 13.6. The molecule has 0 fully saturated rings. The summed E-state index contributed by atoms with van der Waals surface area (Å²) in [7, 11) is 0. The van der Waals surface area contributed by atoms with E-state index in [1.807, 2.05) is 0 Å². The third kappa shape index (κ3) is 9.79. The Morgan fingerprint density at radius 2 is 1.07 bits per heavy atom. The molecule has 0 spiro atoms. The van der Waals surface area contributed by atoms with Crippen molar-refractivity contribution in [3.63, 3.8) is 0 Å². The molecule has 0 saturated carbocycles. The molecule has 9 heteroatoms. The summed E-state index contributed by atoms with van der Waals surface area (Å²) in [5.74, 6) is -1.63. The number of carbonyl (C=O) groups is 2. The first-order valence-corrected chi connectivity index (χ1v) is 15.3. The number of ether oxygens (including phenoxy) is 3. The van der Waals surface area contributed by atoms with Crippen molar-refractivity contribution in [2.24, 2.45) is 0 Å². The maximum atomic E-state index is 12.7. The van der Waals surface area contributed by atoms with Gasteiger partial charge in [0.15, 0.2) is 0 Å². The molecular weight excluding hydrogens is 567 g/mol. The second kappa shape index (κ2) is 16.8. The van der Waals surface area contributed by atoms with Crippen LogP contribution in [0.25, 0.3) is 0 Å². The number of hydrogen-bond donors (Lipinski definition) is 2. The Morgan fingerprint density at radius 3 is 1.37 bits per heavy atom. The fraction of sp³-hybridized carbons (Fsp3) is 0.562. The number of carboxylic acid groups (broad SMARTS) is 2. The van der Waals surface area contributed by atoms with Gasteiger partial charge in [-0.05, 0) is 49.9 Å². The van der Waals surface area contributed by atoms with Gasteiger partial charge < -0.3 is 24.4 Å². The minimum absolute atomic E-state index is 0.0737. The largest absolute Gasteiger partial charge is 0.478 e. The fourth-order valence-electron chi connectivity index (χ4n) is 4.86. The normalized spacial score (nSPS) is 15.8. The summed E-state index contributed by atoms with van der Waals surface area (Å²) in [6.07, 6.45) is 4.10. The SMILES string of the molecule is CCCCC(CC(CC)(Oc1ccccc1Cl)C(=O)O)OC(CCCC)CC(CC)(Oc1ccccc1Cl)C(=O)O. The molecule has 0 amide bonds. The molecule has 7 nitrogen and oxygen atoms in total. The highest BCUT2D eigenvalue weighted by molar-refractivity contribution is 6.32.